The molecule has 0 saturated carbocycles. The number of thioether (sulfide) groups is 1. The van der Waals surface area contributed by atoms with Gasteiger partial charge in [-0.2, -0.15) is 11.8 Å². The standard InChI is InChI=1S/C11H18N2O4S/c1-7-5-12(2-3-18-7)11(17)13-6-8(14)4-9(13)10(15)16/h7-9,14H,2-6H2,1H3,(H,15,16). The lowest BCUT2D eigenvalue weighted by molar-refractivity contribution is -0.141. The van der Waals surface area contributed by atoms with Gasteiger partial charge in [0.25, 0.3) is 0 Å². The zero-order valence-corrected chi connectivity index (χ0v) is 11.1. The first-order valence-electron chi connectivity index (χ1n) is 6.07. The summed E-state index contributed by atoms with van der Waals surface area (Å²) in [6.07, 6.45) is -0.606. The minimum absolute atomic E-state index is 0.119. The maximum Gasteiger partial charge on any atom is 0.326 e. The molecule has 2 heterocycles. The number of aliphatic hydroxyl groups is 1. The molecule has 0 aromatic rings. The SMILES string of the molecule is CC1CN(C(=O)N2CC(O)CC2C(=O)O)CCS1. The molecule has 2 saturated heterocycles. The first kappa shape index (κ1) is 13.5. The number of carboxylic acids is 1. The molecule has 2 fully saturated rings. The van der Waals surface area contributed by atoms with E-state index in [2.05, 4.69) is 6.92 Å². The molecule has 0 radical (unpaired) electrons. The zero-order valence-electron chi connectivity index (χ0n) is 10.3. The summed E-state index contributed by atoms with van der Waals surface area (Å²) in [7, 11) is 0. The second-order valence-corrected chi connectivity index (χ2v) is 6.35. The molecular weight excluding hydrogens is 256 g/mol. The van der Waals surface area contributed by atoms with Crippen LogP contribution in [0.2, 0.25) is 0 Å². The Hall–Kier alpha value is -0.950. The molecule has 2 aliphatic heterocycles. The van der Waals surface area contributed by atoms with E-state index in [0.29, 0.717) is 18.3 Å². The molecule has 0 bridgehead atoms. The Bertz CT molecular complexity index is 352. The van der Waals surface area contributed by atoms with Crippen molar-refractivity contribution in [2.24, 2.45) is 0 Å². The van der Waals surface area contributed by atoms with Crippen LogP contribution in [-0.4, -0.2) is 74.8 Å². The molecule has 3 atom stereocenters. The van der Waals surface area contributed by atoms with Gasteiger partial charge in [0.15, 0.2) is 0 Å². The van der Waals surface area contributed by atoms with Gasteiger partial charge in [-0.25, -0.2) is 9.59 Å². The fourth-order valence-electron chi connectivity index (χ4n) is 2.43. The molecule has 0 aliphatic carbocycles. The van der Waals surface area contributed by atoms with Gasteiger partial charge in [-0.3, -0.25) is 0 Å². The summed E-state index contributed by atoms with van der Waals surface area (Å²) >= 11 is 1.81. The van der Waals surface area contributed by atoms with Gasteiger partial charge in [-0.05, 0) is 0 Å². The maximum absolute atomic E-state index is 12.3. The lowest BCUT2D eigenvalue weighted by Gasteiger charge is -2.34. The summed E-state index contributed by atoms with van der Waals surface area (Å²) in [5.41, 5.74) is 0. The lowest BCUT2D eigenvalue weighted by Crippen LogP contribution is -2.51. The van der Waals surface area contributed by atoms with Crippen LogP contribution in [-0.2, 0) is 4.79 Å². The number of hydrogen-bond donors (Lipinski definition) is 2. The van der Waals surface area contributed by atoms with Crippen molar-refractivity contribution in [2.75, 3.05) is 25.4 Å². The van der Waals surface area contributed by atoms with Crippen LogP contribution in [0, 0.1) is 0 Å². The molecular formula is C11H18N2O4S. The third-order valence-corrected chi connectivity index (χ3v) is 4.46. The zero-order chi connectivity index (χ0) is 13.3. The third-order valence-electron chi connectivity index (χ3n) is 3.32. The Morgan fingerprint density at radius 3 is 2.67 bits per heavy atom. The van der Waals surface area contributed by atoms with Crippen LogP contribution in [0.5, 0.6) is 0 Å². The summed E-state index contributed by atoms with van der Waals surface area (Å²) in [6, 6.07) is -1.15. The fourth-order valence-corrected chi connectivity index (χ4v) is 3.45. The van der Waals surface area contributed by atoms with E-state index in [1.807, 2.05) is 11.8 Å². The monoisotopic (exact) mass is 274 g/mol. The van der Waals surface area contributed by atoms with Crippen molar-refractivity contribution < 1.29 is 19.8 Å². The summed E-state index contributed by atoms with van der Waals surface area (Å²) in [5, 5.41) is 19.0. The number of likely N-dealkylation sites (tertiary alicyclic amines) is 1. The minimum Gasteiger partial charge on any atom is -0.480 e. The quantitative estimate of drug-likeness (QED) is 0.707. The van der Waals surface area contributed by atoms with Crippen molar-refractivity contribution in [2.45, 2.75) is 30.7 Å². The van der Waals surface area contributed by atoms with E-state index >= 15 is 0 Å². The molecule has 7 heteroatoms. The van der Waals surface area contributed by atoms with Crippen LogP contribution in [0.4, 0.5) is 4.79 Å². The van der Waals surface area contributed by atoms with Gasteiger partial charge in [0, 0.05) is 37.1 Å². The maximum atomic E-state index is 12.3. The van der Waals surface area contributed by atoms with Crippen LogP contribution in [0.15, 0.2) is 0 Å². The Morgan fingerprint density at radius 1 is 1.33 bits per heavy atom. The van der Waals surface area contributed by atoms with Crippen LogP contribution in [0.25, 0.3) is 0 Å². The van der Waals surface area contributed by atoms with Gasteiger partial charge in [-0.15, -0.1) is 0 Å². The van der Waals surface area contributed by atoms with E-state index in [1.165, 1.54) is 4.90 Å². The third kappa shape index (κ3) is 2.72. The second-order valence-electron chi connectivity index (χ2n) is 4.81. The topological polar surface area (TPSA) is 81.1 Å². The molecule has 0 aromatic heterocycles. The molecule has 2 amide bonds. The van der Waals surface area contributed by atoms with E-state index in [1.54, 1.807) is 4.90 Å². The highest BCUT2D eigenvalue weighted by Gasteiger charge is 2.41. The normalized spacial score (nSPS) is 32.7. The molecule has 18 heavy (non-hydrogen) atoms. The summed E-state index contributed by atoms with van der Waals surface area (Å²) in [5.74, 6) is -0.166. The Morgan fingerprint density at radius 2 is 2.06 bits per heavy atom. The number of amides is 2. The van der Waals surface area contributed by atoms with Crippen molar-refractivity contribution in [3.63, 3.8) is 0 Å². The molecule has 0 spiro atoms. The predicted octanol–water partition coefficient (Wildman–Crippen LogP) is 0.0635. The van der Waals surface area contributed by atoms with Gasteiger partial charge < -0.3 is 20.0 Å². The van der Waals surface area contributed by atoms with Crippen LogP contribution in [0.1, 0.15) is 13.3 Å². The number of urea groups is 1. The highest BCUT2D eigenvalue weighted by Crippen LogP contribution is 2.23. The van der Waals surface area contributed by atoms with Crippen LogP contribution >= 0.6 is 11.8 Å². The smallest absolute Gasteiger partial charge is 0.326 e. The van der Waals surface area contributed by atoms with E-state index in [4.69, 9.17) is 5.11 Å². The minimum atomic E-state index is -1.04. The first-order chi connectivity index (χ1) is 8.49. The van der Waals surface area contributed by atoms with Gasteiger partial charge in [0.05, 0.1) is 6.10 Å². The molecule has 2 rings (SSSR count). The Kier molecular flexibility index (Phi) is 4.01. The molecule has 3 unspecified atom stereocenters. The van der Waals surface area contributed by atoms with E-state index in [9.17, 15) is 14.7 Å². The lowest BCUT2D eigenvalue weighted by atomic mass is 10.2. The summed E-state index contributed by atoms with van der Waals surface area (Å²) < 4.78 is 0. The van der Waals surface area contributed by atoms with Gasteiger partial charge in [-0.1, -0.05) is 6.92 Å². The number of carbonyl (C=O) groups is 2. The molecule has 6 nitrogen and oxygen atoms in total. The number of nitrogens with zero attached hydrogens (tertiary/aromatic N) is 2. The number of carbonyl (C=O) groups excluding carboxylic acids is 1. The summed E-state index contributed by atoms with van der Waals surface area (Å²) in [6.45, 7) is 3.46. The van der Waals surface area contributed by atoms with Crippen molar-refractivity contribution in [1.82, 2.24) is 9.80 Å². The van der Waals surface area contributed by atoms with Crippen molar-refractivity contribution >= 4 is 23.8 Å². The van der Waals surface area contributed by atoms with Crippen LogP contribution < -0.4 is 0 Å². The van der Waals surface area contributed by atoms with E-state index in [0.717, 1.165) is 5.75 Å². The Labute approximate surface area is 110 Å². The largest absolute Gasteiger partial charge is 0.480 e. The predicted molar refractivity (Wildman–Crippen MR) is 67.6 cm³/mol. The van der Waals surface area contributed by atoms with Gasteiger partial charge in [0.2, 0.25) is 0 Å². The molecule has 2 N–H and O–H groups in total. The van der Waals surface area contributed by atoms with Crippen LogP contribution in [0.3, 0.4) is 0 Å². The molecule has 2 aliphatic rings. The average Bonchev–Trinajstić information content (AvgIpc) is 2.70. The highest BCUT2D eigenvalue weighted by molar-refractivity contribution is 7.99. The highest BCUT2D eigenvalue weighted by atomic mass is 32.2. The first-order valence-corrected chi connectivity index (χ1v) is 7.12. The Balaban J connectivity index is 2.05. The van der Waals surface area contributed by atoms with Gasteiger partial charge in [0.1, 0.15) is 6.04 Å². The fraction of sp³-hybridized carbons (Fsp3) is 0.818. The van der Waals surface area contributed by atoms with Crippen molar-refractivity contribution in [3.8, 4) is 0 Å². The number of rotatable bonds is 1. The average molecular weight is 274 g/mol. The van der Waals surface area contributed by atoms with E-state index < -0.39 is 18.1 Å². The molecule has 0 aromatic carbocycles. The number of carboxylic acid groups (broad SMARTS) is 1. The second kappa shape index (κ2) is 5.36. The number of hydrogen-bond acceptors (Lipinski definition) is 4. The van der Waals surface area contributed by atoms with E-state index in [-0.39, 0.29) is 19.0 Å². The van der Waals surface area contributed by atoms with Gasteiger partial charge >= 0.3 is 12.0 Å². The van der Waals surface area contributed by atoms with Crippen molar-refractivity contribution in [1.29, 1.82) is 0 Å². The number of aliphatic carboxylic acids is 1. The number of aliphatic hydroxyl groups excluding tert-OH is 1. The number of β-amino-alcohol motifs (C(OH)–C–C–N with tert-alkyl or cyclic N) is 1. The summed E-state index contributed by atoms with van der Waals surface area (Å²) in [4.78, 5) is 26.3. The molecule has 102 valence electrons. The van der Waals surface area contributed by atoms with Crippen molar-refractivity contribution in [3.05, 3.63) is 0 Å².